The number of amides is 2. The second-order valence-electron chi connectivity index (χ2n) is 7.77. The Morgan fingerprint density at radius 1 is 1.11 bits per heavy atom. The van der Waals surface area contributed by atoms with Gasteiger partial charge in [0.15, 0.2) is 11.5 Å². The molecule has 2 fully saturated rings. The predicted molar refractivity (Wildman–Crippen MR) is 102 cm³/mol. The molecule has 0 aromatic heterocycles. The first-order valence-corrected chi connectivity index (χ1v) is 9.50. The molecule has 2 aromatic rings. The largest absolute Gasteiger partial charge is 0.454 e. The first kappa shape index (κ1) is 17.3. The maximum absolute atomic E-state index is 13.7. The third-order valence-electron chi connectivity index (χ3n) is 6.00. The Morgan fingerprint density at radius 3 is 2.82 bits per heavy atom. The van der Waals surface area contributed by atoms with Crippen molar-refractivity contribution in [1.82, 2.24) is 9.80 Å². The molecule has 0 radical (unpaired) electrons. The van der Waals surface area contributed by atoms with Gasteiger partial charge in [0, 0.05) is 43.3 Å². The van der Waals surface area contributed by atoms with Crippen LogP contribution in [0.1, 0.15) is 11.6 Å². The molecule has 0 unspecified atom stereocenters. The minimum Gasteiger partial charge on any atom is -0.454 e. The molecule has 7 heteroatoms. The van der Waals surface area contributed by atoms with E-state index in [-0.39, 0.29) is 24.7 Å². The smallest absolute Gasteiger partial charge is 0.321 e. The van der Waals surface area contributed by atoms with E-state index in [1.54, 1.807) is 24.3 Å². The van der Waals surface area contributed by atoms with E-state index >= 15 is 0 Å². The van der Waals surface area contributed by atoms with E-state index < -0.39 is 0 Å². The van der Waals surface area contributed by atoms with E-state index in [1.807, 2.05) is 17.0 Å². The van der Waals surface area contributed by atoms with E-state index in [1.165, 1.54) is 6.07 Å². The zero-order chi connectivity index (χ0) is 19.3. The fourth-order valence-electron chi connectivity index (χ4n) is 4.79. The Kier molecular flexibility index (Phi) is 4.12. The van der Waals surface area contributed by atoms with Gasteiger partial charge < -0.3 is 19.7 Å². The number of hydrogen-bond acceptors (Lipinski definition) is 4. The average Bonchev–Trinajstić information content (AvgIpc) is 3.35. The number of likely N-dealkylation sites (tertiary alicyclic amines) is 2. The van der Waals surface area contributed by atoms with Gasteiger partial charge in [-0.05, 0) is 42.8 Å². The molecule has 0 bridgehead atoms. The van der Waals surface area contributed by atoms with Gasteiger partial charge in [-0.3, -0.25) is 4.90 Å². The van der Waals surface area contributed by atoms with Crippen LogP contribution in [0.25, 0.3) is 0 Å². The van der Waals surface area contributed by atoms with Gasteiger partial charge in [0.1, 0.15) is 5.82 Å². The summed E-state index contributed by atoms with van der Waals surface area (Å²) in [5, 5.41) is 2.96. The number of nitrogens with one attached hydrogen (secondary N) is 1. The molecule has 0 spiro atoms. The van der Waals surface area contributed by atoms with Crippen LogP contribution >= 0.6 is 0 Å². The summed E-state index contributed by atoms with van der Waals surface area (Å²) in [5.41, 5.74) is 1.66. The molecule has 2 aromatic carbocycles. The fraction of sp³-hybridized carbons (Fsp3) is 0.381. The number of urea groups is 1. The van der Waals surface area contributed by atoms with Crippen LogP contribution in [0.4, 0.5) is 14.9 Å². The van der Waals surface area contributed by atoms with Crippen LogP contribution in [0.3, 0.4) is 0 Å². The van der Waals surface area contributed by atoms with Gasteiger partial charge in [-0.1, -0.05) is 12.1 Å². The van der Waals surface area contributed by atoms with E-state index in [0.29, 0.717) is 42.1 Å². The van der Waals surface area contributed by atoms with Gasteiger partial charge in [-0.2, -0.15) is 0 Å². The van der Waals surface area contributed by atoms with Crippen molar-refractivity contribution in [3.8, 4) is 11.5 Å². The summed E-state index contributed by atoms with van der Waals surface area (Å²) in [6.45, 7) is 2.47. The summed E-state index contributed by atoms with van der Waals surface area (Å²) in [6, 6.07) is 12.2. The molecule has 0 aliphatic carbocycles. The van der Waals surface area contributed by atoms with E-state index in [2.05, 4.69) is 17.3 Å². The molecule has 0 saturated carbocycles. The second-order valence-corrected chi connectivity index (χ2v) is 7.77. The van der Waals surface area contributed by atoms with Crippen LogP contribution in [0.15, 0.2) is 42.5 Å². The van der Waals surface area contributed by atoms with Crippen LogP contribution in [0.5, 0.6) is 11.5 Å². The molecular weight excluding hydrogens is 361 g/mol. The standard InChI is InChI=1S/C21H22FN3O3/c1-24-9-14-10-25(11-17(14)20(24)13-3-2-4-15(22)7-13)21(26)23-16-5-6-18-19(8-16)28-12-27-18/h2-8,14,17,20H,9-12H2,1H3,(H,23,26)/t14-,17+,20-/m0/s1. The van der Waals surface area contributed by atoms with Crippen molar-refractivity contribution < 1.29 is 18.7 Å². The van der Waals surface area contributed by atoms with Crippen LogP contribution < -0.4 is 14.8 Å². The maximum Gasteiger partial charge on any atom is 0.321 e. The van der Waals surface area contributed by atoms with E-state index in [0.717, 1.165) is 12.1 Å². The number of hydrogen-bond donors (Lipinski definition) is 1. The molecule has 146 valence electrons. The SMILES string of the molecule is CN1C[C@H]2CN(C(=O)Nc3ccc4c(c3)OCO4)C[C@H]2[C@@H]1c1cccc(F)c1. The van der Waals surface area contributed by atoms with Crippen molar-refractivity contribution in [3.05, 3.63) is 53.8 Å². The molecule has 3 aliphatic heterocycles. The normalized spacial score (nSPS) is 25.8. The summed E-state index contributed by atoms with van der Waals surface area (Å²) in [6.07, 6.45) is 0. The summed E-state index contributed by atoms with van der Waals surface area (Å²) >= 11 is 0. The van der Waals surface area contributed by atoms with Crippen molar-refractivity contribution >= 4 is 11.7 Å². The first-order chi connectivity index (χ1) is 13.6. The van der Waals surface area contributed by atoms with Gasteiger partial charge in [0.05, 0.1) is 0 Å². The average molecular weight is 383 g/mol. The predicted octanol–water partition coefficient (Wildman–Crippen LogP) is 3.32. The topological polar surface area (TPSA) is 54.0 Å². The van der Waals surface area contributed by atoms with Crippen LogP contribution in [0.2, 0.25) is 0 Å². The number of fused-ring (bicyclic) bond motifs is 2. The number of halogens is 1. The number of ether oxygens (including phenoxy) is 2. The summed E-state index contributed by atoms with van der Waals surface area (Å²) in [7, 11) is 2.07. The summed E-state index contributed by atoms with van der Waals surface area (Å²) in [5.74, 6) is 1.80. The van der Waals surface area contributed by atoms with Crippen molar-refractivity contribution in [2.45, 2.75) is 6.04 Å². The highest BCUT2D eigenvalue weighted by molar-refractivity contribution is 5.90. The third kappa shape index (κ3) is 2.96. The molecule has 6 nitrogen and oxygen atoms in total. The molecule has 3 atom stereocenters. The van der Waals surface area contributed by atoms with E-state index in [4.69, 9.17) is 9.47 Å². The first-order valence-electron chi connectivity index (χ1n) is 9.50. The number of nitrogens with zero attached hydrogens (tertiary/aromatic N) is 2. The van der Waals surface area contributed by atoms with Gasteiger partial charge in [0.2, 0.25) is 6.79 Å². The number of anilines is 1. The van der Waals surface area contributed by atoms with Gasteiger partial charge >= 0.3 is 6.03 Å². The number of rotatable bonds is 2. The molecule has 5 rings (SSSR count). The van der Waals surface area contributed by atoms with Crippen molar-refractivity contribution in [1.29, 1.82) is 0 Å². The second kappa shape index (κ2) is 6.67. The monoisotopic (exact) mass is 383 g/mol. The lowest BCUT2D eigenvalue weighted by Crippen LogP contribution is -2.36. The Balaban J connectivity index is 1.29. The Bertz CT molecular complexity index is 922. The maximum atomic E-state index is 13.7. The van der Waals surface area contributed by atoms with Crippen molar-refractivity contribution in [2.75, 3.05) is 38.8 Å². The third-order valence-corrected chi connectivity index (χ3v) is 6.00. The Morgan fingerprint density at radius 2 is 1.96 bits per heavy atom. The lowest BCUT2D eigenvalue weighted by molar-refractivity contribution is 0.174. The minimum absolute atomic E-state index is 0.117. The molecule has 28 heavy (non-hydrogen) atoms. The van der Waals surface area contributed by atoms with Gasteiger partial charge in [-0.25, -0.2) is 9.18 Å². The van der Waals surface area contributed by atoms with E-state index in [9.17, 15) is 9.18 Å². The molecule has 2 saturated heterocycles. The zero-order valence-corrected chi connectivity index (χ0v) is 15.6. The van der Waals surface area contributed by atoms with Crippen LogP contribution in [0, 0.1) is 17.7 Å². The number of benzene rings is 2. The summed E-state index contributed by atoms with van der Waals surface area (Å²) < 4.78 is 24.4. The highest BCUT2D eigenvalue weighted by Gasteiger charge is 2.47. The lowest BCUT2D eigenvalue weighted by atomic mass is 9.89. The Hall–Kier alpha value is -2.80. The van der Waals surface area contributed by atoms with Crippen LogP contribution in [-0.4, -0.2) is 49.3 Å². The molecule has 3 aliphatic rings. The quantitative estimate of drug-likeness (QED) is 0.865. The lowest BCUT2D eigenvalue weighted by Gasteiger charge is -2.27. The zero-order valence-electron chi connectivity index (χ0n) is 15.6. The minimum atomic E-state index is -0.218. The number of carbonyl (C=O) groups excluding carboxylic acids is 1. The van der Waals surface area contributed by atoms with Crippen LogP contribution in [-0.2, 0) is 0 Å². The Labute approximate surface area is 162 Å². The van der Waals surface area contributed by atoms with Crippen molar-refractivity contribution in [2.24, 2.45) is 11.8 Å². The van der Waals surface area contributed by atoms with Gasteiger partial charge in [-0.15, -0.1) is 0 Å². The molecule has 2 amide bonds. The van der Waals surface area contributed by atoms with Gasteiger partial charge in [0.25, 0.3) is 0 Å². The summed E-state index contributed by atoms with van der Waals surface area (Å²) in [4.78, 5) is 16.9. The molecule has 3 heterocycles. The van der Waals surface area contributed by atoms with Crippen molar-refractivity contribution in [3.63, 3.8) is 0 Å². The molecular formula is C21H22FN3O3. The molecule has 1 N–H and O–H groups in total. The number of carbonyl (C=O) groups is 1. The highest BCUT2D eigenvalue weighted by atomic mass is 19.1. The highest BCUT2D eigenvalue weighted by Crippen LogP contribution is 2.44. The fourth-order valence-corrected chi connectivity index (χ4v) is 4.79.